The molecule has 1 aromatic rings. The van der Waals surface area contributed by atoms with Gasteiger partial charge < -0.3 is 4.74 Å². The van der Waals surface area contributed by atoms with Crippen molar-refractivity contribution in [2.45, 2.75) is 39.8 Å². The molecule has 0 aliphatic heterocycles. The Morgan fingerprint density at radius 3 is 2.58 bits per heavy atom. The van der Waals surface area contributed by atoms with E-state index >= 15 is 0 Å². The van der Waals surface area contributed by atoms with Crippen molar-refractivity contribution in [2.24, 2.45) is 0 Å². The summed E-state index contributed by atoms with van der Waals surface area (Å²) in [6.07, 6.45) is 0.439. The number of halogens is 1. The SMILES string of the molecule is CCCS(=O)(=O)NCc1ccc(OC(C)C)c(F)c1. The Balaban J connectivity index is 2.69. The third-order valence-electron chi connectivity index (χ3n) is 2.33. The van der Waals surface area contributed by atoms with Gasteiger partial charge in [0.15, 0.2) is 11.6 Å². The molecule has 0 fully saturated rings. The van der Waals surface area contributed by atoms with Gasteiger partial charge in [0, 0.05) is 6.54 Å². The van der Waals surface area contributed by atoms with Gasteiger partial charge >= 0.3 is 0 Å². The number of ether oxygens (including phenoxy) is 1. The van der Waals surface area contributed by atoms with Crippen molar-refractivity contribution in [1.29, 1.82) is 0 Å². The Hall–Kier alpha value is -1.14. The molecule has 6 heteroatoms. The molecule has 1 aromatic carbocycles. The summed E-state index contributed by atoms with van der Waals surface area (Å²) in [6, 6.07) is 4.44. The maximum Gasteiger partial charge on any atom is 0.211 e. The van der Waals surface area contributed by atoms with Crippen LogP contribution in [-0.4, -0.2) is 20.3 Å². The van der Waals surface area contributed by atoms with Gasteiger partial charge in [-0.25, -0.2) is 17.5 Å². The highest BCUT2D eigenvalue weighted by Crippen LogP contribution is 2.19. The predicted molar refractivity (Wildman–Crippen MR) is 73.1 cm³/mol. The fourth-order valence-electron chi connectivity index (χ4n) is 1.54. The number of benzene rings is 1. The summed E-state index contributed by atoms with van der Waals surface area (Å²) >= 11 is 0. The zero-order valence-corrected chi connectivity index (χ0v) is 12.3. The minimum absolute atomic E-state index is 0.0734. The monoisotopic (exact) mass is 289 g/mol. The molecule has 108 valence electrons. The standard InChI is InChI=1S/C13H20FNO3S/c1-4-7-19(16,17)15-9-11-5-6-13(12(14)8-11)18-10(2)3/h5-6,8,10,15H,4,7,9H2,1-3H3. The molecule has 0 heterocycles. The molecule has 0 spiro atoms. The predicted octanol–water partition coefficient (Wildman–Crippen LogP) is 2.44. The Bertz CT molecular complexity index is 515. The lowest BCUT2D eigenvalue weighted by atomic mass is 10.2. The number of nitrogens with one attached hydrogen (secondary N) is 1. The van der Waals surface area contributed by atoms with Crippen LogP contribution in [0.15, 0.2) is 18.2 Å². The Morgan fingerprint density at radius 1 is 1.37 bits per heavy atom. The van der Waals surface area contributed by atoms with Crippen molar-refractivity contribution >= 4 is 10.0 Å². The molecule has 0 amide bonds. The van der Waals surface area contributed by atoms with Crippen LogP contribution in [0.1, 0.15) is 32.8 Å². The van der Waals surface area contributed by atoms with E-state index in [4.69, 9.17) is 4.74 Å². The van der Waals surface area contributed by atoms with Gasteiger partial charge in [0.2, 0.25) is 10.0 Å². The Labute approximate surface area is 114 Å². The molecule has 1 N–H and O–H groups in total. The van der Waals surface area contributed by atoms with Gasteiger partial charge in [-0.2, -0.15) is 0 Å². The van der Waals surface area contributed by atoms with Crippen LogP contribution in [-0.2, 0) is 16.6 Å². The molecule has 0 bridgehead atoms. The summed E-state index contributed by atoms with van der Waals surface area (Å²) < 4.78 is 44.3. The van der Waals surface area contributed by atoms with Crippen LogP contribution < -0.4 is 9.46 Å². The van der Waals surface area contributed by atoms with Crippen LogP contribution in [0.2, 0.25) is 0 Å². The Morgan fingerprint density at radius 2 is 2.05 bits per heavy atom. The molecular formula is C13H20FNO3S. The lowest BCUT2D eigenvalue weighted by molar-refractivity contribution is 0.231. The molecule has 0 unspecified atom stereocenters. The highest BCUT2D eigenvalue weighted by Gasteiger charge is 2.10. The van der Waals surface area contributed by atoms with E-state index in [-0.39, 0.29) is 24.2 Å². The van der Waals surface area contributed by atoms with Gasteiger partial charge in [-0.05, 0) is 38.0 Å². The van der Waals surface area contributed by atoms with Crippen LogP contribution in [0, 0.1) is 5.82 Å². The van der Waals surface area contributed by atoms with Gasteiger partial charge in [0.25, 0.3) is 0 Å². The molecule has 0 aliphatic carbocycles. The van der Waals surface area contributed by atoms with Gasteiger partial charge in [0.05, 0.1) is 11.9 Å². The van der Waals surface area contributed by atoms with Crippen LogP contribution in [0.25, 0.3) is 0 Å². The second-order valence-corrected chi connectivity index (χ2v) is 6.50. The lowest BCUT2D eigenvalue weighted by Crippen LogP contribution is -2.25. The molecule has 0 saturated heterocycles. The third-order valence-corrected chi connectivity index (χ3v) is 3.86. The fraction of sp³-hybridized carbons (Fsp3) is 0.538. The van der Waals surface area contributed by atoms with E-state index in [2.05, 4.69) is 4.72 Å². The summed E-state index contributed by atoms with van der Waals surface area (Å²) in [5.74, 6) is -0.236. The average Bonchev–Trinajstić information content (AvgIpc) is 2.29. The number of hydrogen-bond donors (Lipinski definition) is 1. The zero-order valence-electron chi connectivity index (χ0n) is 11.4. The summed E-state index contributed by atoms with van der Waals surface area (Å²) in [6.45, 7) is 5.50. The minimum Gasteiger partial charge on any atom is -0.488 e. The average molecular weight is 289 g/mol. The van der Waals surface area contributed by atoms with Crippen LogP contribution in [0.4, 0.5) is 4.39 Å². The van der Waals surface area contributed by atoms with Crippen LogP contribution in [0.3, 0.4) is 0 Å². The smallest absolute Gasteiger partial charge is 0.211 e. The maximum atomic E-state index is 13.7. The second-order valence-electron chi connectivity index (χ2n) is 4.57. The summed E-state index contributed by atoms with van der Waals surface area (Å²) in [4.78, 5) is 0. The van der Waals surface area contributed by atoms with Crippen LogP contribution >= 0.6 is 0 Å². The van der Waals surface area contributed by atoms with E-state index in [1.54, 1.807) is 13.0 Å². The molecule has 0 aromatic heterocycles. The molecule has 1 rings (SSSR count). The second kappa shape index (κ2) is 6.86. The van der Waals surface area contributed by atoms with Crippen molar-refractivity contribution in [2.75, 3.05) is 5.75 Å². The summed E-state index contributed by atoms with van der Waals surface area (Å²) in [5.41, 5.74) is 0.563. The van der Waals surface area contributed by atoms with Crippen LogP contribution in [0.5, 0.6) is 5.75 Å². The maximum absolute atomic E-state index is 13.7. The lowest BCUT2D eigenvalue weighted by Gasteiger charge is -2.11. The fourth-order valence-corrected chi connectivity index (χ4v) is 2.61. The van der Waals surface area contributed by atoms with E-state index in [9.17, 15) is 12.8 Å². The first kappa shape index (κ1) is 15.9. The van der Waals surface area contributed by atoms with Gasteiger partial charge in [-0.1, -0.05) is 13.0 Å². The molecule has 0 aliphatic rings. The normalized spacial score (nSPS) is 11.8. The molecule has 0 saturated carbocycles. The Kier molecular flexibility index (Phi) is 5.75. The molecule has 4 nitrogen and oxygen atoms in total. The van der Waals surface area contributed by atoms with Crippen molar-refractivity contribution in [3.63, 3.8) is 0 Å². The minimum atomic E-state index is -3.28. The first-order chi connectivity index (χ1) is 8.84. The highest BCUT2D eigenvalue weighted by atomic mass is 32.2. The topological polar surface area (TPSA) is 55.4 Å². The van der Waals surface area contributed by atoms with Crippen molar-refractivity contribution in [3.05, 3.63) is 29.6 Å². The largest absolute Gasteiger partial charge is 0.488 e. The van der Waals surface area contributed by atoms with Gasteiger partial charge in [-0.15, -0.1) is 0 Å². The van der Waals surface area contributed by atoms with Crippen molar-refractivity contribution in [3.8, 4) is 5.75 Å². The van der Waals surface area contributed by atoms with Crippen molar-refractivity contribution in [1.82, 2.24) is 4.72 Å². The van der Waals surface area contributed by atoms with Gasteiger partial charge in [-0.3, -0.25) is 0 Å². The molecular weight excluding hydrogens is 269 g/mol. The molecule has 19 heavy (non-hydrogen) atoms. The highest BCUT2D eigenvalue weighted by molar-refractivity contribution is 7.89. The van der Waals surface area contributed by atoms with E-state index < -0.39 is 15.8 Å². The zero-order chi connectivity index (χ0) is 14.5. The van der Waals surface area contributed by atoms with Gasteiger partial charge in [0.1, 0.15) is 0 Å². The first-order valence-electron chi connectivity index (χ1n) is 6.26. The van der Waals surface area contributed by atoms with Crippen molar-refractivity contribution < 1.29 is 17.5 Å². The molecule has 0 atom stereocenters. The third kappa shape index (κ3) is 5.57. The number of hydrogen-bond acceptors (Lipinski definition) is 3. The van der Waals surface area contributed by atoms with E-state index in [1.165, 1.54) is 12.1 Å². The van der Waals surface area contributed by atoms with E-state index in [0.29, 0.717) is 12.0 Å². The van der Waals surface area contributed by atoms with E-state index in [0.717, 1.165) is 0 Å². The van der Waals surface area contributed by atoms with E-state index in [1.807, 2.05) is 13.8 Å². The number of sulfonamides is 1. The molecule has 0 radical (unpaired) electrons. The summed E-state index contributed by atoms with van der Waals surface area (Å²) in [5, 5.41) is 0. The number of rotatable bonds is 7. The summed E-state index contributed by atoms with van der Waals surface area (Å²) in [7, 11) is -3.28. The first-order valence-corrected chi connectivity index (χ1v) is 7.91. The quantitative estimate of drug-likeness (QED) is 0.839.